The molecule has 0 N–H and O–H groups in total. The van der Waals surface area contributed by atoms with Crippen molar-refractivity contribution in [3.05, 3.63) is 149 Å². The van der Waals surface area contributed by atoms with Gasteiger partial charge in [-0.3, -0.25) is 14.0 Å². The lowest BCUT2D eigenvalue weighted by molar-refractivity contribution is 0.261. The van der Waals surface area contributed by atoms with Gasteiger partial charge in [0, 0.05) is 86.7 Å². The highest BCUT2D eigenvalue weighted by molar-refractivity contribution is 5.54. The lowest BCUT2D eigenvalue weighted by Crippen LogP contribution is -2.31. The molecule has 0 saturated carbocycles. The molecule has 4 aliphatic rings. The van der Waals surface area contributed by atoms with E-state index in [4.69, 9.17) is 0 Å². The number of hydrogen-bond donors (Lipinski definition) is 0. The van der Waals surface area contributed by atoms with Crippen LogP contribution in [0.25, 0.3) is 16.7 Å². The SMILES string of the molecule is CC(C)c1cnn2c1CCC2.CC(C)c1cnn2ccccc12.CC(C)c1nnc2ccccn12.CC(C)c1nnc2n1CCC2.CC(C)c1nnc2n1CCN(C)C2.CC(C)c1nnn2c1CCC2.CC(C)c1nnn2ccccc12. The Labute approximate surface area is 484 Å². The summed E-state index contributed by atoms with van der Waals surface area (Å²) >= 11 is 0. The minimum Gasteiger partial charge on any atom is -0.315 e. The van der Waals surface area contributed by atoms with Crippen LogP contribution in [-0.2, 0) is 52.0 Å². The van der Waals surface area contributed by atoms with Crippen LogP contribution in [0.3, 0.4) is 0 Å². The molecular formula is C62H90N20. The van der Waals surface area contributed by atoms with Gasteiger partial charge in [0.15, 0.2) is 5.65 Å². The van der Waals surface area contributed by atoms with Crippen LogP contribution in [0.15, 0.2) is 85.6 Å². The smallest absolute Gasteiger partial charge is 0.160 e. The predicted molar refractivity (Wildman–Crippen MR) is 323 cm³/mol. The average molecular weight is 1120 g/mol. The third-order valence-corrected chi connectivity index (χ3v) is 15.1. The minimum atomic E-state index is 0.419. The molecule has 20 nitrogen and oxygen atoms in total. The molecule has 0 spiro atoms. The molecule has 0 amide bonds. The molecular weight excluding hydrogens is 1020 g/mol. The molecule has 0 fully saturated rings. The number of rotatable bonds is 7. The highest BCUT2D eigenvalue weighted by atomic mass is 15.4. The van der Waals surface area contributed by atoms with Crippen LogP contribution in [0.4, 0.5) is 0 Å². The zero-order chi connectivity index (χ0) is 58.6. The van der Waals surface area contributed by atoms with Crippen molar-refractivity contribution in [1.82, 2.24) is 98.2 Å². The van der Waals surface area contributed by atoms with Crippen LogP contribution in [0.2, 0.25) is 0 Å². The van der Waals surface area contributed by atoms with Gasteiger partial charge in [-0.1, -0.05) is 126 Å². The summed E-state index contributed by atoms with van der Waals surface area (Å²) in [6.07, 6.45) is 17.1. The fourth-order valence-corrected chi connectivity index (χ4v) is 10.7. The summed E-state index contributed by atoms with van der Waals surface area (Å²) < 4.78 is 14.4. The van der Waals surface area contributed by atoms with Crippen molar-refractivity contribution in [3.63, 3.8) is 0 Å². The zero-order valence-corrected chi connectivity index (χ0v) is 51.6. The Morgan fingerprint density at radius 2 is 0.963 bits per heavy atom. The topological polar surface area (TPSA) is 191 Å². The van der Waals surface area contributed by atoms with Gasteiger partial charge in [-0.2, -0.15) is 10.2 Å². The zero-order valence-electron chi connectivity index (χ0n) is 51.6. The van der Waals surface area contributed by atoms with Crippen molar-refractivity contribution in [2.24, 2.45) is 0 Å². The molecule has 14 rings (SSSR count). The van der Waals surface area contributed by atoms with E-state index in [1.807, 2.05) is 93.1 Å². The Balaban J connectivity index is 0.000000125. The molecule has 10 aromatic heterocycles. The van der Waals surface area contributed by atoms with E-state index >= 15 is 0 Å². The summed E-state index contributed by atoms with van der Waals surface area (Å²) in [5.74, 6) is 9.13. The molecule has 20 heteroatoms. The number of likely N-dealkylation sites (N-methyl/N-ethyl adjacent to an activating group) is 1. The van der Waals surface area contributed by atoms with E-state index in [-0.39, 0.29) is 0 Å². The number of fused-ring (bicyclic) bond motifs is 7. The molecule has 0 atom stereocenters. The van der Waals surface area contributed by atoms with Crippen molar-refractivity contribution in [2.45, 2.75) is 210 Å². The summed E-state index contributed by atoms with van der Waals surface area (Å²) in [5, 5.41) is 49.8. The Bertz CT molecular complexity index is 3230. The first-order valence-corrected chi connectivity index (χ1v) is 29.9. The Morgan fingerprint density at radius 1 is 0.402 bits per heavy atom. The van der Waals surface area contributed by atoms with E-state index in [0.717, 1.165) is 85.8 Å². The van der Waals surface area contributed by atoms with E-state index in [1.54, 1.807) is 4.52 Å². The van der Waals surface area contributed by atoms with Crippen molar-refractivity contribution in [3.8, 4) is 0 Å². The van der Waals surface area contributed by atoms with E-state index in [9.17, 15) is 0 Å². The van der Waals surface area contributed by atoms with Gasteiger partial charge >= 0.3 is 0 Å². The fraction of sp³-hybridized carbons (Fsp3) is 0.548. The molecule has 0 aromatic carbocycles. The number of nitrogens with zero attached hydrogens (tertiary/aromatic N) is 20. The average Bonchev–Trinajstić information content (AvgIpc) is 4.32. The summed E-state index contributed by atoms with van der Waals surface area (Å²) in [4.78, 5) is 2.27. The normalized spacial score (nSPS) is 14.2. The van der Waals surface area contributed by atoms with Gasteiger partial charge in [-0.05, 0) is 105 Å². The number of pyridine rings is 3. The van der Waals surface area contributed by atoms with E-state index in [2.05, 4.69) is 190 Å². The number of aryl methyl sites for hydroxylation is 3. The van der Waals surface area contributed by atoms with Gasteiger partial charge in [0.1, 0.15) is 29.1 Å². The maximum Gasteiger partial charge on any atom is 0.160 e. The second-order valence-electron chi connectivity index (χ2n) is 23.9. The summed E-state index contributed by atoms with van der Waals surface area (Å²) in [6, 6.07) is 18.0. The van der Waals surface area contributed by atoms with Crippen LogP contribution in [0, 0.1) is 0 Å². The molecule has 4 aliphatic heterocycles. The second-order valence-corrected chi connectivity index (χ2v) is 23.9. The third kappa shape index (κ3) is 14.6. The lowest BCUT2D eigenvalue weighted by atomic mass is 10.0. The summed E-state index contributed by atoms with van der Waals surface area (Å²) in [5.41, 5.74) is 11.1. The van der Waals surface area contributed by atoms with E-state index < -0.39 is 0 Å². The quantitative estimate of drug-likeness (QED) is 0.147. The van der Waals surface area contributed by atoms with Crippen LogP contribution < -0.4 is 0 Å². The molecule has 0 saturated heterocycles. The van der Waals surface area contributed by atoms with Crippen molar-refractivity contribution in [1.29, 1.82) is 0 Å². The molecule has 14 heterocycles. The van der Waals surface area contributed by atoms with E-state index in [0.29, 0.717) is 41.4 Å². The van der Waals surface area contributed by atoms with Gasteiger partial charge in [0.05, 0.1) is 47.1 Å². The third-order valence-electron chi connectivity index (χ3n) is 15.1. The maximum atomic E-state index is 4.33. The summed E-state index contributed by atoms with van der Waals surface area (Å²) in [6.45, 7) is 36.7. The fourth-order valence-electron chi connectivity index (χ4n) is 10.7. The monoisotopic (exact) mass is 1110 g/mol. The van der Waals surface area contributed by atoms with Crippen LogP contribution >= 0.6 is 0 Å². The maximum absolute atomic E-state index is 4.33. The molecule has 0 aliphatic carbocycles. The Hall–Kier alpha value is -7.48. The summed E-state index contributed by atoms with van der Waals surface area (Å²) in [7, 11) is 2.12. The molecule has 0 radical (unpaired) electrons. The molecule has 0 bridgehead atoms. The second kappa shape index (κ2) is 28.0. The highest BCUT2D eigenvalue weighted by Gasteiger charge is 2.22. The van der Waals surface area contributed by atoms with E-state index in [1.165, 1.54) is 71.7 Å². The minimum absolute atomic E-state index is 0.419. The van der Waals surface area contributed by atoms with Crippen molar-refractivity contribution >= 4 is 16.7 Å². The molecule has 438 valence electrons. The first-order valence-electron chi connectivity index (χ1n) is 29.9. The van der Waals surface area contributed by atoms with Crippen LogP contribution in [0.5, 0.6) is 0 Å². The molecule has 0 unspecified atom stereocenters. The first-order chi connectivity index (χ1) is 39.4. The van der Waals surface area contributed by atoms with Gasteiger partial charge in [-0.15, -0.1) is 40.8 Å². The van der Waals surface area contributed by atoms with Gasteiger partial charge in [0.2, 0.25) is 0 Å². The molecule has 82 heavy (non-hydrogen) atoms. The Kier molecular flexibility index (Phi) is 20.7. The largest absolute Gasteiger partial charge is 0.315 e. The number of hydrogen-bond acceptors (Lipinski definition) is 13. The van der Waals surface area contributed by atoms with Crippen LogP contribution in [0.1, 0.15) is 221 Å². The van der Waals surface area contributed by atoms with Gasteiger partial charge in [-0.25, -0.2) is 13.7 Å². The van der Waals surface area contributed by atoms with Crippen LogP contribution in [-0.4, -0.2) is 112 Å². The highest BCUT2D eigenvalue weighted by Crippen LogP contribution is 2.26. The predicted octanol–water partition coefficient (Wildman–Crippen LogP) is 11.7. The molecule has 10 aromatic rings. The van der Waals surface area contributed by atoms with Crippen molar-refractivity contribution in [2.75, 3.05) is 13.6 Å². The van der Waals surface area contributed by atoms with Gasteiger partial charge in [0.25, 0.3) is 0 Å². The standard InChI is InChI=1S/C10H12N2.C9H16N4.2C9H11N3.C9H14N2.2C8H13N3/c1-8(2)9-7-11-12-6-4-3-5-10(9)12;1-7(2)9-11-10-8-6-12(3)4-5-13(8)9;1-7(2)9-11-10-8-5-3-4-6-12(8)9;1-7(2)9-8-5-3-4-6-12(8)11-10-9;1-7(2)8-6-10-11-5-3-4-9(8)11;1-6(2)8-10-9-7-4-3-5-11(7)8;1-6(2)8-7-4-3-5-11(7)10-9-8/h3-8H,1-2H3;7H,4-6H2,1-3H3;2*3-7H,1-2H3;6-7H,3-5H2,1-2H3;2*6H,3-5H2,1-2H3. The van der Waals surface area contributed by atoms with Gasteiger partial charge < -0.3 is 9.13 Å². The van der Waals surface area contributed by atoms with Crippen molar-refractivity contribution < 1.29 is 0 Å². The first kappa shape index (κ1) is 60.6. The Morgan fingerprint density at radius 3 is 1.63 bits per heavy atom. The number of aromatic nitrogens is 19. The lowest BCUT2D eigenvalue weighted by Gasteiger charge is -2.24.